The van der Waals surface area contributed by atoms with Crippen molar-refractivity contribution < 1.29 is 18.3 Å². The molecule has 1 aliphatic rings. The van der Waals surface area contributed by atoms with Crippen LogP contribution in [0.2, 0.25) is 0 Å². The molecule has 4 rings (SSSR count). The first-order valence-corrected chi connectivity index (χ1v) is 9.24. The number of aromatic nitrogens is 1. The second-order valence-electron chi connectivity index (χ2n) is 6.82. The molecule has 1 fully saturated rings. The summed E-state index contributed by atoms with van der Waals surface area (Å²) >= 11 is 0. The van der Waals surface area contributed by atoms with E-state index in [-0.39, 0.29) is 12.0 Å². The van der Waals surface area contributed by atoms with Crippen LogP contribution in [-0.2, 0) is 0 Å². The zero-order valence-electron chi connectivity index (χ0n) is 15.2. The number of hydrogen-bond donors (Lipinski definition) is 0. The van der Waals surface area contributed by atoms with E-state index in [2.05, 4.69) is 0 Å². The van der Waals surface area contributed by atoms with Gasteiger partial charge in [-0.1, -0.05) is 0 Å². The molecule has 3 aromatic rings. The molecule has 4 nitrogen and oxygen atoms in total. The number of benzene rings is 2. The van der Waals surface area contributed by atoms with E-state index in [1.807, 2.05) is 53.4 Å². The molecule has 0 saturated carbocycles. The number of rotatable bonds is 4. The molecule has 0 bridgehead atoms. The van der Waals surface area contributed by atoms with E-state index in [0.29, 0.717) is 37.2 Å². The van der Waals surface area contributed by atoms with Gasteiger partial charge in [-0.05, 0) is 48.5 Å². The maximum absolute atomic E-state index is 13.3. The Kier molecular flexibility index (Phi) is 5.10. The highest BCUT2D eigenvalue weighted by Gasteiger charge is 2.25. The fraction of sp³-hybridized carbons (Fsp3) is 0.227. The van der Waals surface area contributed by atoms with Crippen LogP contribution in [-0.4, -0.2) is 34.6 Å². The Labute approximate surface area is 162 Å². The average Bonchev–Trinajstić information content (AvgIpc) is 3.26. The number of carbonyl (C=O) groups is 1. The lowest BCUT2D eigenvalue weighted by atomic mass is 10.1. The highest BCUT2D eigenvalue weighted by Crippen LogP contribution is 2.22. The zero-order chi connectivity index (χ0) is 19.5. The highest BCUT2D eigenvalue weighted by molar-refractivity contribution is 5.94. The third-order valence-corrected chi connectivity index (χ3v) is 4.94. The number of ether oxygens (including phenoxy) is 1. The van der Waals surface area contributed by atoms with Gasteiger partial charge < -0.3 is 14.2 Å². The van der Waals surface area contributed by atoms with E-state index < -0.39 is 11.6 Å². The lowest BCUT2D eigenvalue weighted by Crippen LogP contribution is -2.41. The second kappa shape index (κ2) is 7.84. The largest absolute Gasteiger partial charge is 0.490 e. The Balaban J connectivity index is 1.34. The van der Waals surface area contributed by atoms with Crippen molar-refractivity contribution in [2.75, 3.05) is 13.1 Å². The summed E-state index contributed by atoms with van der Waals surface area (Å²) in [5.41, 5.74) is 1.65. The Hall–Kier alpha value is -3.15. The van der Waals surface area contributed by atoms with Crippen LogP contribution < -0.4 is 4.74 Å². The number of likely N-dealkylation sites (tertiary alicyclic amines) is 1. The topological polar surface area (TPSA) is 34.5 Å². The van der Waals surface area contributed by atoms with Gasteiger partial charge in [0.1, 0.15) is 11.9 Å². The first-order chi connectivity index (χ1) is 13.6. The molecule has 0 N–H and O–H groups in total. The molecule has 0 unspecified atom stereocenters. The molecule has 1 saturated heterocycles. The van der Waals surface area contributed by atoms with Gasteiger partial charge in [0.2, 0.25) is 0 Å². The smallest absolute Gasteiger partial charge is 0.253 e. The second-order valence-corrected chi connectivity index (χ2v) is 6.82. The summed E-state index contributed by atoms with van der Waals surface area (Å²) in [6.07, 6.45) is 5.08. The van der Waals surface area contributed by atoms with Gasteiger partial charge in [-0.3, -0.25) is 4.79 Å². The molecular formula is C22H20F2N2O2. The standard InChI is InChI=1S/C22H20F2N2O2/c23-20-8-7-19(15-21(20)24)28-18-9-13-26(14-10-18)22(27)16-3-5-17(6-4-16)25-11-1-2-12-25/h1-8,11-12,15,18H,9-10,13-14H2. The first kappa shape index (κ1) is 18.2. The quantitative estimate of drug-likeness (QED) is 0.669. The lowest BCUT2D eigenvalue weighted by molar-refractivity contribution is 0.0595. The molecule has 1 aromatic heterocycles. The van der Waals surface area contributed by atoms with Crippen LogP contribution in [0.3, 0.4) is 0 Å². The number of amides is 1. The summed E-state index contributed by atoms with van der Waals surface area (Å²) in [7, 11) is 0. The molecule has 144 valence electrons. The predicted molar refractivity (Wildman–Crippen MR) is 102 cm³/mol. The zero-order valence-corrected chi connectivity index (χ0v) is 15.2. The van der Waals surface area contributed by atoms with E-state index in [1.54, 1.807) is 4.90 Å². The van der Waals surface area contributed by atoms with Crippen molar-refractivity contribution in [2.45, 2.75) is 18.9 Å². The summed E-state index contributed by atoms with van der Waals surface area (Å²) in [5.74, 6) is -1.52. The maximum atomic E-state index is 13.3. The van der Waals surface area contributed by atoms with Gasteiger partial charge in [0.15, 0.2) is 11.6 Å². The summed E-state index contributed by atoms with van der Waals surface area (Å²) in [4.78, 5) is 14.5. The van der Waals surface area contributed by atoms with Crippen LogP contribution in [0.4, 0.5) is 8.78 Å². The van der Waals surface area contributed by atoms with Crippen molar-refractivity contribution in [3.8, 4) is 11.4 Å². The van der Waals surface area contributed by atoms with Gasteiger partial charge in [0.25, 0.3) is 5.91 Å². The minimum absolute atomic E-state index is 0.00895. The molecule has 1 amide bonds. The van der Waals surface area contributed by atoms with Crippen LogP contribution in [0.15, 0.2) is 67.0 Å². The predicted octanol–water partition coefficient (Wildman–Crippen LogP) is 4.44. The number of carbonyl (C=O) groups excluding carboxylic acids is 1. The molecule has 2 heterocycles. The van der Waals surface area contributed by atoms with E-state index in [1.165, 1.54) is 6.07 Å². The van der Waals surface area contributed by atoms with E-state index in [4.69, 9.17) is 4.74 Å². The Bertz CT molecular complexity index is 947. The maximum Gasteiger partial charge on any atom is 0.253 e. The highest BCUT2D eigenvalue weighted by atomic mass is 19.2. The van der Waals surface area contributed by atoms with Gasteiger partial charge in [-0.15, -0.1) is 0 Å². The monoisotopic (exact) mass is 382 g/mol. The van der Waals surface area contributed by atoms with Crippen LogP contribution in [0.1, 0.15) is 23.2 Å². The summed E-state index contributed by atoms with van der Waals surface area (Å²) in [6, 6.07) is 14.9. The number of hydrogen-bond acceptors (Lipinski definition) is 2. The van der Waals surface area contributed by atoms with Gasteiger partial charge >= 0.3 is 0 Å². The SMILES string of the molecule is O=C(c1ccc(-n2cccc2)cc1)N1CCC(Oc2ccc(F)c(F)c2)CC1. The van der Waals surface area contributed by atoms with Gasteiger partial charge in [-0.25, -0.2) is 8.78 Å². The molecule has 0 radical (unpaired) electrons. The van der Waals surface area contributed by atoms with Crippen molar-refractivity contribution in [1.82, 2.24) is 9.47 Å². The fourth-order valence-electron chi connectivity index (χ4n) is 3.38. The number of piperidine rings is 1. The molecular weight excluding hydrogens is 362 g/mol. The number of halogens is 2. The van der Waals surface area contributed by atoms with Crippen molar-refractivity contribution in [3.05, 3.63) is 84.2 Å². The third kappa shape index (κ3) is 3.91. The molecule has 0 aliphatic carbocycles. The molecule has 0 spiro atoms. The van der Waals surface area contributed by atoms with Crippen molar-refractivity contribution in [1.29, 1.82) is 0 Å². The van der Waals surface area contributed by atoms with E-state index >= 15 is 0 Å². The lowest BCUT2D eigenvalue weighted by Gasteiger charge is -2.32. The molecule has 1 aliphatic heterocycles. The van der Waals surface area contributed by atoms with Crippen molar-refractivity contribution in [2.24, 2.45) is 0 Å². The first-order valence-electron chi connectivity index (χ1n) is 9.24. The van der Waals surface area contributed by atoms with Crippen molar-refractivity contribution >= 4 is 5.91 Å². The normalized spacial score (nSPS) is 14.9. The summed E-state index contributed by atoms with van der Waals surface area (Å²) in [5, 5.41) is 0. The van der Waals surface area contributed by atoms with Crippen LogP contribution in [0.25, 0.3) is 5.69 Å². The molecule has 2 aromatic carbocycles. The molecule has 28 heavy (non-hydrogen) atoms. The van der Waals surface area contributed by atoms with E-state index in [9.17, 15) is 13.6 Å². The third-order valence-electron chi connectivity index (χ3n) is 4.94. The minimum Gasteiger partial charge on any atom is -0.490 e. The molecule has 0 atom stereocenters. The fourth-order valence-corrected chi connectivity index (χ4v) is 3.38. The Morgan fingerprint density at radius 2 is 1.61 bits per heavy atom. The average molecular weight is 382 g/mol. The Morgan fingerprint density at radius 1 is 0.929 bits per heavy atom. The summed E-state index contributed by atoms with van der Waals surface area (Å²) in [6.45, 7) is 1.12. The van der Waals surface area contributed by atoms with Gasteiger partial charge in [-0.2, -0.15) is 0 Å². The minimum atomic E-state index is -0.923. The summed E-state index contributed by atoms with van der Waals surface area (Å²) < 4.78 is 34.0. The van der Waals surface area contributed by atoms with E-state index in [0.717, 1.165) is 17.8 Å². The van der Waals surface area contributed by atoms with Gasteiger partial charge in [0.05, 0.1) is 0 Å². The van der Waals surface area contributed by atoms with Crippen LogP contribution in [0.5, 0.6) is 5.75 Å². The van der Waals surface area contributed by atoms with Gasteiger partial charge in [0, 0.05) is 55.6 Å². The molecule has 6 heteroatoms. The number of nitrogens with zero attached hydrogens (tertiary/aromatic N) is 2. The van der Waals surface area contributed by atoms with Crippen molar-refractivity contribution in [3.63, 3.8) is 0 Å². The van der Waals surface area contributed by atoms with Crippen LogP contribution >= 0.6 is 0 Å². The van der Waals surface area contributed by atoms with Crippen LogP contribution in [0, 0.1) is 11.6 Å². The Morgan fingerprint density at radius 3 is 2.25 bits per heavy atom.